The molecular formula is C12H20N2O2. The monoisotopic (exact) mass is 224 g/mol. The molecule has 0 aromatic carbocycles. The molecule has 2 amide bonds. The number of amides is 2. The van der Waals surface area contributed by atoms with Crippen molar-refractivity contribution >= 4 is 11.8 Å². The van der Waals surface area contributed by atoms with E-state index in [9.17, 15) is 9.59 Å². The molecule has 1 N–H and O–H groups in total. The first-order valence-corrected chi connectivity index (χ1v) is 6.16. The van der Waals surface area contributed by atoms with Crippen LogP contribution < -0.4 is 5.32 Å². The Morgan fingerprint density at radius 2 is 2.00 bits per heavy atom. The summed E-state index contributed by atoms with van der Waals surface area (Å²) in [6, 6.07) is 0.309. The number of nitrogens with zero attached hydrogens (tertiary/aromatic N) is 1. The number of nitrogens with one attached hydrogen (secondary N) is 1. The molecule has 2 fully saturated rings. The number of rotatable bonds is 2. The fourth-order valence-corrected chi connectivity index (χ4v) is 2.72. The van der Waals surface area contributed by atoms with E-state index in [0.717, 1.165) is 6.42 Å². The van der Waals surface area contributed by atoms with Crippen LogP contribution >= 0.6 is 0 Å². The van der Waals surface area contributed by atoms with E-state index in [1.165, 1.54) is 17.7 Å². The number of carbonyl (C=O) groups is 2. The number of hydrogen-bond donors (Lipinski definition) is 1. The zero-order valence-corrected chi connectivity index (χ0v) is 10.0. The molecule has 1 aliphatic carbocycles. The van der Waals surface area contributed by atoms with E-state index < -0.39 is 0 Å². The maximum Gasteiger partial charge on any atom is 0.246 e. The van der Waals surface area contributed by atoms with Crippen LogP contribution in [0, 0.1) is 5.92 Å². The molecule has 1 aliphatic heterocycles. The summed E-state index contributed by atoms with van der Waals surface area (Å²) >= 11 is 0. The minimum atomic E-state index is -0.145. The van der Waals surface area contributed by atoms with E-state index in [4.69, 9.17) is 0 Å². The molecule has 3 unspecified atom stereocenters. The summed E-state index contributed by atoms with van der Waals surface area (Å²) in [6.07, 6.45) is 4.79. The first kappa shape index (κ1) is 11.6. The molecule has 3 atom stereocenters. The molecule has 0 aromatic rings. The van der Waals surface area contributed by atoms with Gasteiger partial charge in [-0.1, -0.05) is 13.3 Å². The van der Waals surface area contributed by atoms with Crippen molar-refractivity contribution in [2.75, 3.05) is 7.05 Å². The Morgan fingerprint density at radius 1 is 1.25 bits per heavy atom. The Labute approximate surface area is 96.4 Å². The topological polar surface area (TPSA) is 49.4 Å². The van der Waals surface area contributed by atoms with Crippen LogP contribution in [0.2, 0.25) is 0 Å². The second kappa shape index (κ2) is 4.53. The third-order valence-electron chi connectivity index (χ3n) is 3.93. The van der Waals surface area contributed by atoms with E-state index in [2.05, 4.69) is 12.2 Å². The van der Waals surface area contributed by atoms with Crippen molar-refractivity contribution in [3.63, 3.8) is 0 Å². The van der Waals surface area contributed by atoms with Crippen molar-refractivity contribution in [1.29, 1.82) is 0 Å². The summed E-state index contributed by atoms with van der Waals surface area (Å²) in [4.78, 5) is 24.5. The fraction of sp³-hybridized carbons (Fsp3) is 0.833. The van der Waals surface area contributed by atoms with Gasteiger partial charge in [0.25, 0.3) is 0 Å². The lowest BCUT2D eigenvalue weighted by Gasteiger charge is -2.31. The number of likely N-dealkylation sites (N-methyl/N-ethyl adjacent to an activating group) is 1. The molecule has 16 heavy (non-hydrogen) atoms. The average molecular weight is 224 g/mol. The van der Waals surface area contributed by atoms with Crippen LogP contribution in [0.25, 0.3) is 0 Å². The Balaban J connectivity index is 1.95. The first-order valence-electron chi connectivity index (χ1n) is 6.16. The second-order valence-corrected chi connectivity index (χ2v) is 5.06. The van der Waals surface area contributed by atoms with Gasteiger partial charge in [0.2, 0.25) is 11.8 Å². The SMILES string of the molecule is CC1CCCC1NC1CCC(=O)N(C)C1=O. The number of imide groups is 1. The summed E-state index contributed by atoms with van der Waals surface area (Å²) in [5.74, 6) is 0.536. The predicted octanol–water partition coefficient (Wildman–Crippen LogP) is 0.912. The molecule has 2 rings (SSSR count). The van der Waals surface area contributed by atoms with E-state index in [-0.39, 0.29) is 17.9 Å². The molecule has 1 saturated carbocycles. The smallest absolute Gasteiger partial charge is 0.246 e. The molecule has 4 heteroatoms. The van der Waals surface area contributed by atoms with Gasteiger partial charge >= 0.3 is 0 Å². The lowest BCUT2D eigenvalue weighted by atomic mass is 10.0. The quantitative estimate of drug-likeness (QED) is 0.709. The number of piperidine rings is 1. The summed E-state index contributed by atoms with van der Waals surface area (Å²) < 4.78 is 0. The van der Waals surface area contributed by atoms with Crippen LogP contribution in [0.3, 0.4) is 0 Å². The van der Waals surface area contributed by atoms with Crippen LogP contribution in [0.5, 0.6) is 0 Å². The van der Waals surface area contributed by atoms with Crippen LogP contribution in [0.1, 0.15) is 39.0 Å². The Hall–Kier alpha value is -0.900. The summed E-state index contributed by atoms with van der Waals surface area (Å²) in [5.41, 5.74) is 0. The molecule has 0 aromatic heterocycles. The molecule has 0 radical (unpaired) electrons. The maximum absolute atomic E-state index is 11.9. The van der Waals surface area contributed by atoms with Gasteiger partial charge in [-0.25, -0.2) is 0 Å². The zero-order valence-electron chi connectivity index (χ0n) is 10.0. The standard InChI is InChI=1S/C12H20N2O2/c1-8-4-3-5-9(8)13-10-6-7-11(15)14(2)12(10)16/h8-10,13H,3-7H2,1-2H3. The van der Waals surface area contributed by atoms with Crippen LogP contribution in [-0.4, -0.2) is 35.8 Å². The van der Waals surface area contributed by atoms with Crippen molar-refractivity contribution in [2.45, 2.75) is 51.1 Å². The zero-order chi connectivity index (χ0) is 11.7. The van der Waals surface area contributed by atoms with E-state index in [0.29, 0.717) is 24.8 Å². The molecule has 0 bridgehead atoms. The molecule has 2 aliphatic rings. The fourth-order valence-electron chi connectivity index (χ4n) is 2.72. The second-order valence-electron chi connectivity index (χ2n) is 5.06. The minimum absolute atomic E-state index is 0.0532. The van der Waals surface area contributed by atoms with Crippen LogP contribution in [0.15, 0.2) is 0 Å². The van der Waals surface area contributed by atoms with Crippen molar-refractivity contribution in [3.8, 4) is 0 Å². The number of hydrogen-bond acceptors (Lipinski definition) is 3. The molecule has 0 spiro atoms. The number of carbonyl (C=O) groups excluding carboxylic acids is 2. The average Bonchev–Trinajstić information content (AvgIpc) is 2.65. The number of likely N-dealkylation sites (tertiary alicyclic amines) is 1. The summed E-state index contributed by atoms with van der Waals surface area (Å²) in [7, 11) is 1.58. The predicted molar refractivity (Wildman–Crippen MR) is 60.7 cm³/mol. The van der Waals surface area contributed by atoms with E-state index in [1.807, 2.05) is 0 Å². The van der Waals surface area contributed by atoms with Gasteiger partial charge in [-0.3, -0.25) is 14.5 Å². The van der Waals surface area contributed by atoms with Crippen molar-refractivity contribution < 1.29 is 9.59 Å². The first-order chi connectivity index (χ1) is 7.59. The highest BCUT2D eigenvalue weighted by Gasteiger charge is 2.34. The van der Waals surface area contributed by atoms with Crippen molar-refractivity contribution in [1.82, 2.24) is 10.2 Å². The minimum Gasteiger partial charge on any atom is -0.303 e. The molecule has 90 valence electrons. The Kier molecular flexibility index (Phi) is 3.28. The highest BCUT2D eigenvalue weighted by atomic mass is 16.2. The normalized spacial score (nSPS) is 35.9. The van der Waals surface area contributed by atoms with Crippen molar-refractivity contribution in [2.24, 2.45) is 5.92 Å². The van der Waals surface area contributed by atoms with Gasteiger partial charge in [0.1, 0.15) is 0 Å². The highest BCUT2D eigenvalue weighted by molar-refractivity contribution is 6.00. The molecule has 1 saturated heterocycles. The largest absolute Gasteiger partial charge is 0.303 e. The third-order valence-corrected chi connectivity index (χ3v) is 3.93. The summed E-state index contributed by atoms with van der Waals surface area (Å²) in [6.45, 7) is 2.23. The van der Waals surface area contributed by atoms with Gasteiger partial charge in [-0.15, -0.1) is 0 Å². The van der Waals surface area contributed by atoms with E-state index in [1.54, 1.807) is 7.05 Å². The van der Waals surface area contributed by atoms with Crippen LogP contribution in [-0.2, 0) is 9.59 Å². The Bertz CT molecular complexity index is 303. The van der Waals surface area contributed by atoms with Gasteiger partial charge in [-0.05, 0) is 25.2 Å². The molecular weight excluding hydrogens is 204 g/mol. The van der Waals surface area contributed by atoms with Gasteiger partial charge in [0, 0.05) is 19.5 Å². The lowest BCUT2D eigenvalue weighted by molar-refractivity contribution is -0.148. The Morgan fingerprint density at radius 3 is 2.62 bits per heavy atom. The molecule has 1 heterocycles. The van der Waals surface area contributed by atoms with Gasteiger partial charge in [0.05, 0.1) is 6.04 Å². The van der Waals surface area contributed by atoms with Gasteiger partial charge < -0.3 is 5.32 Å². The maximum atomic E-state index is 11.9. The van der Waals surface area contributed by atoms with Gasteiger partial charge in [-0.2, -0.15) is 0 Å². The highest BCUT2D eigenvalue weighted by Crippen LogP contribution is 2.26. The molecule has 4 nitrogen and oxygen atoms in total. The van der Waals surface area contributed by atoms with Crippen molar-refractivity contribution in [3.05, 3.63) is 0 Å². The lowest BCUT2D eigenvalue weighted by Crippen LogP contribution is -2.54. The van der Waals surface area contributed by atoms with E-state index >= 15 is 0 Å². The van der Waals surface area contributed by atoms with Gasteiger partial charge in [0.15, 0.2) is 0 Å². The third kappa shape index (κ3) is 2.12. The summed E-state index contributed by atoms with van der Waals surface area (Å²) in [5, 5.41) is 3.42. The van der Waals surface area contributed by atoms with Crippen LogP contribution in [0.4, 0.5) is 0 Å².